The first-order valence-corrected chi connectivity index (χ1v) is 7.34. The second-order valence-corrected chi connectivity index (χ2v) is 5.96. The summed E-state index contributed by atoms with van der Waals surface area (Å²) in [5.74, 6) is 0.621. The molecule has 0 saturated carbocycles. The number of nitrogens with zero attached hydrogens (tertiary/aromatic N) is 1. The van der Waals surface area contributed by atoms with Gasteiger partial charge in [0.2, 0.25) is 5.91 Å². The Hall–Kier alpha value is -1.55. The van der Waals surface area contributed by atoms with Gasteiger partial charge >= 0.3 is 0 Å². The maximum Gasteiger partial charge on any atom is 0.220 e. The molecule has 2 atom stereocenters. The average molecular weight is 293 g/mol. The molecule has 2 aliphatic rings. The Morgan fingerprint density at radius 2 is 2.20 bits per heavy atom. The van der Waals surface area contributed by atoms with Crippen molar-refractivity contribution in [1.29, 1.82) is 0 Å². The van der Waals surface area contributed by atoms with Crippen molar-refractivity contribution >= 4 is 29.5 Å². The van der Waals surface area contributed by atoms with E-state index in [-0.39, 0.29) is 11.9 Å². The maximum absolute atomic E-state index is 11.4. The fourth-order valence-electron chi connectivity index (χ4n) is 3.22. The van der Waals surface area contributed by atoms with Gasteiger partial charge in [0.25, 0.3) is 0 Å². The van der Waals surface area contributed by atoms with Crippen molar-refractivity contribution in [3.05, 3.63) is 28.8 Å². The average Bonchev–Trinajstić information content (AvgIpc) is 2.46. The quantitative estimate of drug-likeness (QED) is 0.851. The largest absolute Gasteiger partial charge is 0.370 e. The van der Waals surface area contributed by atoms with Crippen molar-refractivity contribution in [2.24, 2.45) is 5.92 Å². The van der Waals surface area contributed by atoms with Gasteiger partial charge in [-0.1, -0.05) is 11.6 Å². The zero-order chi connectivity index (χ0) is 14.1. The molecule has 20 heavy (non-hydrogen) atoms. The van der Waals surface area contributed by atoms with Gasteiger partial charge in [-0.05, 0) is 37.0 Å². The van der Waals surface area contributed by atoms with Crippen molar-refractivity contribution in [3.8, 4) is 0 Å². The summed E-state index contributed by atoms with van der Waals surface area (Å²) >= 11 is 6.05. The first-order chi connectivity index (χ1) is 9.67. The van der Waals surface area contributed by atoms with Crippen LogP contribution in [-0.2, 0) is 4.79 Å². The smallest absolute Gasteiger partial charge is 0.220 e. The topological polar surface area (TPSA) is 49.4 Å². The third kappa shape index (κ3) is 2.52. The van der Waals surface area contributed by atoms with Crippen molar-refractivity contribution in [1.82, 2.24) is 5.32 Å². The highest BCUT2D eigenvalue weighted by atomic mass is 35.5. The highest BCUT2D eigenvalue weighted by Crippen LogP contribution is 2.31. The number of anilines is 1. The van der Waals surface area contributed by atoms with E-state index in [4.69, 9.17) is 11.6 Å². The highest BCUT2D eigenvalue weighted by Gasteiger charge is 2.34. The van der Waals surface area contributed by atoms with E-state index >= 15 is 0 Å². The molecule has 2 heterocycles. The predicted molar refractivity (Wildman–Crippen MR) is 78.3 cm³/mol. The van der Waals surface area contributed by atoms with Crippen LogP contribution in [0.2, 0.25) is 5.02 Å². The number of piperidine rings is 2. The van der Waals surface area contributed by atoms with E-state index < -0.39 is 0 Å². The summed E-state index contributed by atoms with van der Waals surface area (Å²) in [4.78, 5) is 24.8. The van der Waals surface area contributed by atoms with Crippen LogP contribution < -0.4 is 10.2 Å². The van der Waals surface area contributed by atoms with Crippen molar-refractivity contribution < 1.29 is 9.59 Å². The zero-order valence-electron chi connectivity index (χ0n) is 11.1. The summed E-state index contributed by atoms with van der Waals surface area (Å²) in [6.45, 7) is 1.70. The number of rotatable bonds is 2. The molecule has 2 fully saturated rings. The Kier molecular flexibility index (Phi) is 3.66. The molecular weight excluding hydrogens is 276 g/mol. The lowest BCUT2D eigenvalue weighted by atomic mass is 9.85. The van der Waals surface area contributed by atoms with Crippen LogP contribution in [0.5, 0.6) is 0 Å². The molecular formula is C15H17ClN2O2. The zero-order valence-corrected chi connectivity index (χ0v) is 11.9. The molecule has 0 aliphatic carbocycles. The molecule has 0 aromatic heterocycles. The molecule has 1 N–H and O–H groups in total. The van der Waals surface area contributed by atoms with Crippen LogP contribution in [0.4, 0.5) is 5.69 Å². The minimum atomic E-state index is 0.163. The number of hydrogen-bond acceptors (Lipinski definition) is 3. The third-order valence-electron chi connectivity index (χ3n) is 4.28. The summed E-state index contributed by atoms with van der Waals surface area (Å²) in [7, 11) is 0. The van der Waals surface area contributed by atoms with E-state index in [1.807, 2.05) is 6.07 Å². The monoisotopic (exact) mass is 292 g/mol. The van der Waals surface area contributed by atoms with Gasteiger partial charge in [-0.2, -0.15) is 0 Å². The van der Waals surface area contributed by atoms with Gasteiger partial charge in [0.15, 0.2) is 6.29 Å². The minimum absolute atomic E-state index is 0.163. The lowest BCUT2D eigenvalue weighted by Crippen LogP contribution is -2.54. The Labute approximate surface area is 123 Å². The molecule has 106 valence electrons. The van der Waals surface area contributed by atoms with Gasteiger partial charge in [-0.3, -0.25) is 9.59 Å². The van der Waals surface area contributed by atoms with Gasteiger partial charge in [-0.15, -0.1) is 0 Å². The molecule has 1 amide bonds. The van der Waals surface area contributed by atoms with Crippen LogP contribution in [0, 0.1) is 5.92 Å². The van der Waals surface area contributed by atoms with Crippen LogP contribution in [0.3, 0.4) is 0 Å². The van der Waals surface area contributed by atoms with Gasteiger partial charge < -0.3 is 10.2 Å². The number of amides is 1. The Balaban J connectivity index is 1.81. The minimum Gasteiger partial charge on any atom is -0.370 e. The van der Waals surface area contributed by atoms with Gasteiger partial charge in [0, 0.05) is 41.8 Å². The second-order valence-electron chi connectivity index (χ2n) is 5.53. The molecule has 0 spiro atoms. The van der Waals surface area contributed by atoms with E-state index in [0.29, 0.717) is 22.9 Å². The maximum atomic E-state index is 11.4. The Morgan fingerprint density at radius 1 is 1.35 bits per heavy atom. The van der Waals surface area contributed by atoms with Crippen LogP contribution in [0.15, 0.2) is 18.2 Å². The van der Waals surface area contributed by atoms with E-state index in [2.05, 4.69) is 10.2 Å². The fraction of sp³-hybridized carbons (Fsp3) is 0.467. The summed E-state index contributed by atoms with van der Waals surface area (Å²) < 4.78 is 0. The number of halogens is 1. The van der Waals surface area contributed by atoms with E-state index in [1.54, 1.807) is 12.1 Å². The summed E-state index contributed by atoms with van der Waals surface area (Å²) in [5.41, 5.74) is 1.58. The number of carbonyl (C=O) groups excluding carboxylic acids is 2. The Bertz CT molecular complexity index is 547. The van der Waals surface area contributed by atoms with Crippen LogP contribution in [-0.4, -0.2) is 31.3 Å². The summed E-state index contributed by atoms with van der Waals surface area (Å²) in [6.07, 6.45) is 3.32. The SMILES string of the molecule is O=Cc1ccc(Cl)cc1N1CCC2NC(=O)CCC2C1. The number of hydrogen-bond donors (Lipinski definition) is 1. The molecule has 3 rings (SSSR count). The highest BCUT2D eigenvalue weighted by molar-refractivity contribution is 6.31. The van der Waals surface area contributed by atoms with Gasteiger partial charge in [0.05, 0.1) is 0 Å². The summed E-state index contributed by atoms with van der Waals surface area (Å²) in [5, 5.41) is 3.71. The van der Waals surface area contributed by atoms with Crippen LogP contribution in [0.25, 0.3) is 0 Å². The van der Waals surface area contributed by atoms with Crippen molar-refractivity contribution in [2.75, 3.05) is 18.0 Å². The molecule has 2 unspecified atom stereocenters. The molecule has 5 heteroatoms. The lowest BCUT2D eigenvalue weighted by Gasteiger charge is -2.42. The lowest BCUT2D eigenvalue weighted by molar-refractivity contribution is -0.124. The van der Waals surface area contributed by atoms with Crippen molar-refractivity contribution in [2.45, 2.75) is 25.3 Å². The number of aldehydes is 1. The second kappa shape index (κ2) is 5.44. The molecule has 2 aliphatic heterocycles. The number of benzene rings is 1. The third-order valence-corrected chi connectivity index (χ3v) is 4.52. The first kappa shape index (κ1) is 13.4. The van der Waals surface area contributed by atoms with Gasteiger partial charge in [-0.25, -0.2) is 0 Å². The molecule has 1 aromatic carbocycles. The van der Waals surface area contributed by atoms with E-state index in [9.17, 15) is 9.59 Å². The number of fused-ring (bicyclic) bond motifs is 1. The number of carbonyl (C=O) groups is 2. The molecule has 4 nitrogen and oxygen atoms in total. The standard InChI is InChI=1S/C15H17ClN2O2/c16-12-3-1-11(9-19)14(7-12)18-6-5-13-10(8-18)2-4-15(20)17-13/h1,3,7,9-10,13H,2,4-6,8H2,(H,17,20). The van der Waals surface area contributed by atoms with Gasteiger partial charge in [0.1, 0.15) is 0 Å². The first-order valence-electron chi connectivity index (χ1n) is 6.96. The predicted octanol–water partition coefficient (Wildman–Crippen LogP) is 2.26. The number of nitrogens with one attached hydrogen (secondary N) is 1. The normalized spacial score (nSPS) is 25.9. The fourth-order valence-corrected chi connectivity index (χ4v) is 3.39. The Morgan fingerprint density at radius 3 is 3.00 bits per heavy atom. The molecule has 2 saturated heterocycles. The molecule has 0 radical (unpaired) electrons. The van der Waals surface area contributed by atoms with E-state index in [1.165, 1.54) is 0 Å². The summed E-state index contributed by atoms with van der Waals surface area (Å²) in [6, 6.07) is 5.64. The van der Waals surface area contributed by atoms with E-state index in [0.717, 1.165) is 37.9 Å². The van der Waals surface area contributed by atoms with Crippen LogP contribution >= 0.6 is 11.6 Å². The molecule has 1 aromatic rings. The molecule has 0 bridgehead atoms. The van der Waals surface area contributed by atoms with Crippen LogP contribution in [0.1, 0.15) is 29.6 Å². The van der Waals surface area contributed by atoms with Crippen molar-refractivity contribution in [3.63, 3.8) is 0 Å².